The monoisotopic (exact) mass is 438 g/mol. The minimum atomic E-state index is -0.894. The van der Waals surface area contributed by atoms with Crippen molar-refractivity contribution in [1.29, 1.82) is 0 Å². The van der Waals surface area contributed by atoms with Crippen molar-refractivity contribution in [3.05, 3.63) is 16.6 Å². The number of carbonyl (C=O) groups excluding carboxylic acids is 3. The molecule has 1 aromatic heterocycles. The topological polar surface area (TPSA) is 241 Å². The van der Waals surface area contributed by atoms with E-state index in [-0.39, 0.29) is 36.3 Å². The molecule has 0 bridgehead atoms. The number of amides is 4. The number of hydrogen-bond acceptors (Lipinski definition) is 7. The zero-order valence-corrected chi connectivity index (χ0v) is 17.4. The summed E-state index contributed by atoms with van der Waals surface area (Å²) in [5.74, 6) is -0.838. The molecule has 1 rings (SSSR count). The van der Waals surface area contributed by atoms with Crippen molar-refractivity contribution in [2.45, 2.75) is 38.1 Å². The molecule has 0 aromatic carbocycles. The smallest absolute Gasteiger partial charge is 0.318 e. The van der Waals surface area contributed by atoms with E-state index in [9.17, 15) is 19.2 Å². The number of nitrogens with two attached hydrogens (primary N) is 4. The van der Waals surface area contributed by atoms with Crippen LogP contribution >= 0.6 is 0 Å². The second kappa shape index (κ2) is 12.8. The Labute approximate surface area is 178 Å². The third-order valence-electron chi connectivity index (χ3n) is 4.16. The van der Waals surface area contributed by atoms with Gasteiger partial charge in [0.05, 0.1) is 6.20 Å². The lowest BCUT2D eigenvalue weighted by Crippen LogP contribution is -2.41. The van der Waals surface area contributed by atoms with Crippen LogP contribution in [0.25, 0.3) is 0 Å². The molecule has 0 spiro atoms. The van der Waals surface area contributed by atoms with E-state index in [1.54, 1.807) is 0 Å². The lowest BCUT2D eigenvalue weighted by molar-refractivity contribution is -0.122. The number of urea groups is 1. The maximum absolute atomic E-state index is 12.7. The minimum absolute atomic E-state index is 0.0336. The third kappa shape index (κ3) is 9.58. The predicted octanol–water partition coefficient (Wildman–Crippen LogP) is -2.11. The molecular weight excluding hydrogens is 408 g/mol. The van der Waals surface area contributed by atoms with Gasteiger partial charge in [0.25, 0.3) is 5.56 Å². The molecule has 0 aliphatic heterocycles. The van der Waals surface area contributed by atoms with Crippen molar-refractivity contribution in [1.82, 2.24) is 15.3 Å². The molecule has 1 heterocycles. The van der Waals surface area contributed by atoms with E-state index in [1.165, 1.54) is 7.05 Å². The van der Waals surface area contributed by atoms with Crippen LogP contribution in [0.4, 0.5) is 16.4 Å². The number of primary amides is 1. The van der Waals surface area contributed by atoms with Gasteiger partial charge in [0.15, 0.2) is 5.96 Å². The summed E-state index contributed by atoms with van der Waals surface area (Å²) in [4.78, 5) is 59.0. The van der Waals surface area contributed by atoms with Crippen molar-refractivity contribution in [2.75, 3.05) is 30.4 Å². The van der Waals surface area contributed by atoms with Crippen molar-refractivity contribution in [2.24, 2.45) is 27.9 Å². The van der Waals surface area contributed by atoms with E-state index in [0.717, 1.165) is 11.1 Å². The minimum Gasteiger partial charge on any atom is -0.370 e. The predicted molar refractivity (Wildman–Crippen MR) is 116 cm³/mol. The Kier molecular flexibility index (Phi) is 10.5. The maximum atomic E-state index is 12.7. The Morgan fingerprint density at radius 3 is 2.55 bits per heavy atom. The lowest BCUT2D eigenvalue weighted by Gasteiger charge is -2.22. The largest absolute Gasteiger partial charge is 0.370 e. The molecule has 0 fully saturated rings. The number of nitrogens with one attached hydrogen (secondary N) is 3. The Morgan fingerprint density at radius 2 is 1.97 bits per heavy atom. The number of aliphatic imine (C=N–C) groups is 1. The van der Waals surface area contributed by atoms with Crippen LogP contribution in [0.3, 0.4) is 0 Å². The van der Waals surface area contributed by atoms with Gasteiger partial charge >= 0.3 is 6.03 Å². The number of carbonyl (C=O) groups is 3. The van der Waals surface area contributed by atoms with E-state index in [0.29, 0.717) is 32.4 Å². The summed E-state index contributed by atoms with van der Waals surface area (Å²) in [6.45, 7) is 0.722. The highest BCUT2D eigenvalue weighted by Crippen LogP contribution is 2.11. The number of hydrogen-bond donors (Lipinski definition) is 7. The number of nitrogens with zero attached hydrogens (tertiary/aromatic N) is 3. The van der Waals surface area contributed by atoms with Crippen LogP contribution < -0.4 is 44.0 Å². The highest BCUT2D eigenvalue weighted by molar-refractivity contribution is 5.93. The van der Waals surface area contributed by atoms with E-state index in [2.05, 4.69) is 25.6 Å². The standard InChI is InChI=1S/C17H30N10O4/c1-27(11-9-23-17(25-14(11)30)26-16(21)31)13(29)8-10(4-3-7-22-15(19)20)24-12(28)5-2-6-18/h9-10H,2-8,18H2,1H3,(H,24,28)(H4,19,20,22)(H4,21,23,25,26,30,31)/t10-/m0/s1. The first-order valence-electron chi connectivity index (χ1n) is 9.61. The van der Waals surface area contributed by atoms with Crippen LogP contribution in [0.5, 0.6) is 0 Å². The van der Waals surface area contributed by atoms with E-state index >= 15 is 0 Å². The first kappa shape index (κ1) is 25.4. The number of guanidine groups is 1. The molecule has 31 heavy (non-hydrogen) atoms. The molecule has 0 aliphatic rings. The average Bonchev–Trinajstić information content (AvgIpc) is 2.68. The molecular formula is C17H30N10O4. The number of anilines is 2. The van der Waals surface area contributed by atoms with Crippen LogP contribution in [0.2, 0.25) is 0 Å². The van der Waals surface area contributed by atoms with Gasteiger partial charge in [-0.05, 0) is 25.8 Å². The normalized spacial score (nSPS) is 11.3. The second-order valence-electron chi connectivity index (χ2n) is 6.70. The quantitative estimate of drug-likeness (QED) is 0.108. The van der Waals surface area contributed by atoms with Gasteiger partial charge in [0, 0.05) is 32.5 Å². The van der Waals surface area contributed by atoms with Crippen LogP contribution in [-0.2, 0) is 9.59 Å². The van der Waals surface area contributed by atoms with Gasteiger partial charge in [0.2, 0.25) is 17.8 Å². The van der Waals surface area contributed by atoms with E-state index in [1.807, 2.05) is 0 Å². The average molecular weight is 438 g/mol. The summed E-state index contributed by atoms with van der Waals surface area (Å²) in [6.07, 6.45) is 2.81. The molecule has 11 N–H and O–H groups in total. The summed E-state index contributed by atoms with van der Waals surface area (Å²) in [7, 11) is 1.41. The molecule has 0 saturated carbocycles. The Bertz CT molecular complexity index is 850. The molecule has 4 amide bonds. The fourth-order valence-corrected chi connectivity index (χ4v) is 2.62. The fourth-order valence-electron chi connectivity index (χ4n) is 2.62. The van der Waals surface area contributed by atoms with Gasteiger partial charge in [0.1, 0.15) is 5.69 Å². The summed E-state index contributed by atoms with van der Waals surface area (Å²) < 4.78 is 0. The number of aromatic amines is 1. The highest BCUT2D eigenvalue weighted by Gasteiger charge is 2.21. The first-order valence-corrected chi connectivity index (χ1v) is 9.61. The van der Waals surface area contributed by atoms with Gasteiger partial charge in [-0.2, -0.15) is 0 Å². The molecule has 1 atom stereocenters. The first-order chi connectivity index (χ1) is 14.6. The molecule has 1 aromatic rings. The number of rotatable bonds is 12. The van der Waals surface area contributed by atoms with Gasteiger partial charge in [-0.1, -0.05) is 0 Å². The number of aromatic nitrogens is 2. The summed E-state index contributed by atoms with van der Waals surface area (Å²) in [5, 5.41) is 4.94. The van der Waals surface area contributed by atoms with Crippen molar-refractivity contribution >= 4 is 35.4 Å². The van der Waals surface area contributed by atoms with Gasteiger partial charge < -0.3 is 33.2 Å². The summed E-state index contributed by atoms with van der Waals surface area (Å²) in [6, 6.07) is -1.38. The van der Waals surface area contributed by atoms with Crippen LogP contribution in [0.1, 0.15) is 32.1 Å². The molecule has 14 nitrogen and oxygen atoms in total. The summed E-state index contributed by atoms with van der Waals surface area (Å²) in [5.41, 5.74) is 20.3. The highest BCUT2D eigenvalue weighted by atomic mass is 16.2. The zero-order valence-electron chi connectivity index (χ0n) is 17.4. The molecule has 14 heteroatoms. The Balaban J connectivity index is 2.84. The SMILES string of the molecule is CN(C(=O)C[C@H](CCCN=C(N)N)NC(=O)CCCN)c1cnc(NC(N)=O)[nH]c1=O. The second-order valence-corrected chi connectivity index (χ2v) is 6.70. The molecule has 0 unspecified atom stereocenters. The Morgan fingerprint density at radius 1 is 1.26 bits per heavy atom. The molecule has 0 saturated heterocycles. The van der Waals surface area contributed by atoms with E-state index < -0.39 is 23.5 Å². The number of H-pyrrole nitrogens is 1. The third-order valence-corrected chi connectivity index (χ3v) is 4.16. The van der Waals surface area contributed by atoms with Crippen LogP contribution in [-0.4, -0.2) is 60.0 Å². The fraction of sp³-hybridized carbons (Fsp3) is 0.529. The van der Waals surface area contributed by atoms with Gasteiger partial charge in [-0.25, -0.2) is 9.78 Å². The van der Waals surface area contributed by atoms with Crippen LogP contribution in [0, 0.1) is 0 Å². The Hall–Kier alpha value is -3.68. The molecule has 0 aliphatic carbocycles. The van der Waals surface area contributed by atoms with Gasteiger partial charge in [-0.3, -0.25) is 29.7 Å². The van der Waals surface area contributed by atoms with Crippen molar-refractivity contribution < 1.29 is 14.4 Å². The van der Waals surface area contributed by atoms with Crippen LogP contribution in [0.15, 0.2) is 16.0 Å². The van der Waals surface area contributed by atoms with E-state index in [4.69, 9.17) is 22.9 Å². The molecule has 172 valence electrons. The summed E-state index contributed by atoms with van der Waals surface area (Å²) >= 11 is 0. The van der Waals surface area contributed by atoms with Gasteiger partial charge in [-0.15, -0.1) is 0 Å². The lowest BCUT2D eigenvalue weighted by atomic mass is 10.1. The van der Waals surface area contributed by atoms with Crippen molar-refractivity contribution in [3.8, 4) is 0 Å². The van der Waals surface area contributed by atoms with Crippen molar-refractivity contribution in [3.63, 3.8) is 0 Å². The zero-order chi connectivity index (χ0) is 23.4. The molecule has 0 radical (unpaired) electrons. The maximum Gasteiger partial charge on any atom is 0.318 e.